The van der Waals surface area contributed by atoms with Crippen LogP contribution in [0.3, 0.4) is 0 Å². The van der Waals surface area contributed by atoms with Gasteiger partial charge in [-0.05, 0) is 24.6 Å². The van der Waals surface area contributed by atoms with Crippen molar-refractivity contribution < 1.29 is 4.79 Å². The van der Waals surface area contributed by atoms with Gasteiger partial charge < -0.3 is 5.32 Å². The average Bonchev–Trinajstić information content (AvgIpc) is 2.91. The SMILES string of the molecule is C[C@H](NC(=O)C(C)(C)C)c1ccc(-n2cncn2)cc1. The van der Waals surface area contributed by atoms with E-state index in [1.54, 1.807) is 11.0 Å². The van der Waals surface area contributed by atoms with Crippen LogP contribution in [0.4, 0.5) is 0 Å². The molecular formula is C15H20N4O. The lowest BCUT2D eigenvalue weighted by atomic mass is 9.94. The van der Waals surface area contributed by atoms with E-state index in [1.807, 2.05) is 52.0 Å². The lowest BCUT2D eigenvalue weighted by molar-refractivity contribution is -0.129. The number of amides is 1. The maximum atomic E-state index is 12.0. The topological polar surface area (TPSA) is 59.8 Å². The van der Waals surface area contributed by atoms with Crippen molar-refractivity contribution >= 4 is 5.91 Å². The minimum absolute atomic E-state index is 0.0217. The lowest BCUT2D eigenvalue weighted by Gasteiger charge is -2.22. The first-order valence-electron chi connectivity index (χ1n) is 6.64. The summed E-state index contributed by atoms with van der Waals surface area (Å²) in [6.45, 7) is 7.70. The lowest BCUT2D eigenvalue weighted by Crippen LogP contribution is -2.36. The molecule has 2 aromatic rings. The van der Waals surface area contributed by atoms with Crippen LogP contribution in [0.25, 0.3) is 5.69 Å². The van der Waals surface area contributed by atoms with Gasteiger partial charge in [0.1, 0.15) is 12.7 Å². The molecule has 1 N–H and O–H groups in total. The molecule has 5 nitrogen and oxygen atoms in total. The summed E-state index contributed by atoms with van der Waals surface area (Å²) in [7, 11) is 0. The molecule has 2 rings (SSSR count). The van der Waals surface area contributed by atoms with Crippen LogP contribution >= 0.6 is 0 Å². The van der Waals surface area contributed by atoms with Gasteiger partial charge in [0, 0.05) is 5.41 Å². The highest BCUT2D eigenvalue weighted by Gasteiger charge is 2.22. The fraction of sp³-hybridized carbons (Fsp3) is 0.400. The molecule has 1 atom stereocenters. The Balaban J connectivity index is 2.08. The largest absolute Gasteiger partial charge is 0.349 e. The van der Waals surface area contributed by atoms with Gasteiger partial charge in [-0.15, -0.1) is 0 Å². The molecular weight excluding hydrogens is 252 g/mol. The van der Waals surface area contributed by atoms with Gasteiger partial charge in [0.2, 0.25) is 5.91 Å². The van der Waals surface area contributed by atoms with Gasteiger partial charge in [-0.3, -0.25) is 4.79 Å². The summed E-state index contributed by atoms with van der Waals surface area (Å²) >= 11 is 0. The Labute approximate surface area is 119 Å². The summed E-state index contributed by atoms with van der Waals surface area (Å²) < 4.78 is 1.70. The van der Waals surface area contributed by atoms with Crippen LogP contribution in [0.2, 0.25) is 0 Å². The highest BCUT2D eigenvalue weighted by Crippen LogP contribution is 2.19. The molecule has 0 unspecified atom stereocenters. The fourth-order valence-electron chi connectivity index (χ4n) is 1.75. The number of benzene rings is 1. The number of carbonyl (C=O) groups is 1. The van der Waals surface area contributed by atoms with E-state index in [0.717, 1.165) is 11.3 Å². The monoisotopic (exact) mass is 272 g/mol. The second kappa shape index (κ2) is 5.45. The van der Waals surface area contributed by atoms with Crippen LogP contribution in [0.15, 0.2) is 36.9 Å². The Kier molecular flexibility index (Phi) is 3.88. The molecule has 1 aromatic heterocycles. The summed E-state index contributed by atoms with van der Waals surface area (Å²) in [5, 5.41) is 7.09. The van der Waals surface area contributed by atoms with Gasteiger partial charge in [-0.2, -0.15) is 5.10 Å². The Morgan fingerprint density at radius 3 is 2.40 bits per heavy atom. The van der Waals surface area contributed by atoms with Gasteiger partial charge >= 0.3 is 0 Å². The van der Waals surface area contributed by atoms with Crippen molar-refractivity contribution in [3.05, 3.63) is 42.5 Å². The molecule has 1 heterocycles. The van der Waals surface area contributed by atoms with Gasteiger partial charge in [-0.1, -0.05) is 32.9 Å². The van der Waals surface area contributed by atoms with Crippen LogP contribution in [-0.4, -0.2) is 20.7 Å². The van der Waals surface area contributed by atoms with Gasteiger partial charge in [0.15, 0.2) is 0 Å². The summed E-state index contributed by atoms with van der Waals surface area (Å²) in [5.74, 6) is 0.0466. The molecule has 0 aliphatic rings. The molecule has 20 heavy (non-hydrogen) atoms. The third-order valence-electron chi connectivity index (χ3n) is 3.11. The van der Waals surface area contributed by atoms with Gasteiger partial charge in [-0.25, -0.2) is 9.67 Å². The van der Waals surface area contributed by atoms with Crippen molar-refractivity contribution in [2.75, 3.05) is 0 Å². The van der Waals surface area contributed by atoms with Crippen molar-refractivity contribution in [3.63, 3.8) is 0 Å². The molecule has 0 fully saturated rings. The van der Waals surface area contributed by atoms with Crippen molar-refractivity contribution in [1.29, 1.82) is 0 Å². The molecule has 0 aliphatic carbocycles. The molecule has 5 heteroatoms. The van der Waals surface area contributed by atoms with Crippen LogP contribution in [0.1, 0.15) is 39.3 Å². The van der Waals surface area contributed by atoms with E-state index in [9.17, 15) is 4.79 Å². The second-order valence-electron chi connectivity index (χ2n) is 5.88. The van der Waals surface area contributed by atoms with E-state index in [0.29, 0.717) is 0 Å². The zero-order valence-electron chi connectivity index (χ0n) is 12.3. The van der Waals surface area contributed by atoms with Crippen LogP contribution < -0.4 is 5.32 Å². The fourth-order valence-corrected chi connectivity index (χ4v) is 1.75. The van der Waals surface area contributed by atoms with Crippen molar-refractivity contribution in [2.45, 2.75) is 33.7 Å². The number of rotatable bonds is 3. The van der Waals surface area contributed by atoms with Crippen LogP contribution in [-0.2, 0) is 4.79 Å². The predicted molar refractivity (Wildman–Crippen MR) is 77.4 cm³/mol. The number of carbonyl (C=O) groups excluding carboxylic acids is 1. The Bertz CT molecular complexity index is 567. The second-order valence-corrected chi connectivity index (χ2v) is 5.88. The molecule has 0 saturated carbocycles. The number of nitrogens with one attached hydrogen (secondary N) is 1. The van der Waals surface area contributed by atoms with Crippen molar-refractivity contribution in [1.82, 2.24) is 20.1 Å². The maximum absolute atomic E-state index is 12.0. The summed E-state index contributed by atoms with van der Waals surface area (Å²) in [6, 6.07) is 7.88. The highest BCUT2D eigenvalue weighted by atomic mass is 16.2. The first-order chi connectivity index (χ1) is 9.38. The summed E-state index contributed by atoms with van der Waals surface area (Å²) in [5.41, 5.74) is 1.63. The van der Waals surface area contributed by atoms with Gasteiger partial charge in [0.25, 0.3) is 0 Å². The van der Waals surface area contributed by atoms with Crippen molar-refractivity contribution in [2.24, 2.45) is 5.41 Å². The van der Waals surface area contributed by atoms with Crippen LogP contribution in [0, 0.1) is 5.41 Å². The average molecular weight is 272 g/mol. The Hall–Kier alpha value is -2.17. The standard InChI is InChI=1S/C15H20N4O/c1-11(18-14(20)15(2,3)4)12-5-7-13(8-6-12)19-10-16-9-17-19/h5-11H,1-4H3,(H,18,20)/t11-/m0/s1. The third kappa shape index (κ3) is 3.23. The number of aromatic nitrogens is 3. The minimum atomic E-state index is -0.380. The van der Waals surface area contributed by atoms with E-state index in [4.69, 9.17) is 0 Å². The highest BCUT2D eigenvalue weighted by molar-refractivity contribution is 5.81. The molecule has 0 spiro atoms. The first kappa shape index (κ1) is 14.2. The normalized spacial score (nSPS) is 13.0. The van der Waals surface area contributed by atoms with E-state index >= 15 is 0 Å². The zero-order valence-corrected chi connectivity index (χ0v) is 12.3. The zero-order chi connectivity index (χ0) is 14.8. The van der Waals surface area contributed by atoms with Gasteiger partial charge in [0.05, 0.1) is 11.7 Å². The van der Waals surface area contributed by atoms with E-state index in [1.165, 1.54) is 6.33 Å². The van der Waals surface area contributed by atoms with E-state index < -0.39 is 0 Å². The summed E-state index contributed by atoms with van der Waals surface area (Å²) in [6.07, 6.45) is 3.15. The number of hydrogen-bond donors (Lipinski definition) is 1. The molecule has 106 valence electrons. The Morgan fingerprint density at radius 1 is 1.25 bits per heavy atom. The quantitative estimate of drug-likeness (QED) is 0.933. The molecule has 0 saturated heterocycles. The number of nitrogens with zero attached hydrogens (tertiary/aromatic N) is 3. The number of hydrogen-bond acceptors (Lipinski definition) is 3. The molecule has 1 aromatic carbocycles. The maximum Gasteiger partial charge on any atom is 0.225 e. The smallest absolute Gasteiger partial charge is 0.225 e. The molecule has 0 aliphatic heterocycles. The molecule has 1 amide bonds. The molecule has 0 bridgehead atoms. The van der Waals surface area contributed by atoms with Crippen LogP contribution in [0.5, 0.6) is 0 Å². The van der Waals surface area contributed by atoms with E-state index in [-0.39, 0.29) is 17.4 Å². The Morgan fingerprint density at radius 2 is 1.90 bits per heavy atom. The third-order valence-corrected chi connectivity index (χ3v) is 3.11. The predicted octanol–water partition coefficient (Wildman–Crippen LogP) is 2.49. The summed E-state index contributed by atoms with van der Waals surface area (Å²) in [4.78, 5) is 15.9. The minimum Gasteiger partial charge on any atom is -0.349 e. The first-order valence-corrected chi connectivity index (χ1v) is 6.64. The molecule has 0 radical (unpaired) electrons. The van der Waals surface area contributed by atoms with E-state index in [2.05, 4.69) is 15.4 Å². The van der Waals surface area contributed by atoms with Crippen molar-refractivity contribution in [3.8, 4) is 5.69 Å².